The van der Waals surface area contributed by atoms with E-state index >= 15 is 0 Å². The van der Waals surface area contributed by atoms with Gasteiger partial charge in [-0.3, -0.25) is 4.79 Å². The molecule has 2 aromatic carbocycles. The number of rotatable bonds is 4. The lowest BCUT2D eigenvalue weighted by Gasteiger charge is -2.23. The Morgan fingerprint density at radius 3 is 2.48 bits per heavy atom. The van der Waals surface area contributed by atoms with Crippen LogP contribution >= 0.6 is 0 Å². The number of hydrogen-bond donors (Lipinski definition) is 0. The second kappa shape index (κ2) is 6.73. The molecule has 1 aliphatic heterocycles. The molecule has 0 spiro atoms. The second-order valence-corrected chi connectivity index (χ2v) is 5.68. The van der Waals surface area contributed by atoms with E-state index in [1.807, 2.05) is 48.5 Å². The van der Waals surface area contributed by atoms with Crippen molar-refractivity contribution in [1.82, 2.24) is 0 Å². The van der Waals surface area contributed by atoms with Gasteiger partial charge in [0.1, 0.15) is 13.2 Å². The summed E-state index contributed by atoms with van der Waals surface area (Å²) in [5.74, 6) is 1.56. The van der Waals surface area contributed by atoms with E-state index in [0.717, 1.165) is 17.0 Å². The summed E-state index contributed by atoms with van der Waals surface area (Å²) in [6, 6.07) is 18.6. The van der Waals surface area contributed by atoms with Gasteiger partial charge in [-0.05, 0) is 42.0 Å². The molecule has 0 unspecified atom stereocenters. The SMILES string of the molecule is O=C(c1ccco1)N(Cc1ccc2c(c1)OCCO2)c1ccccc1. The number of nitrogens with zero attached hydrogens (tertiary/aromatic N) is 1. The van der Waals surface area contributed by atoms with Gasteiger partial charge in [0.15, 0.2) is 17.3 Å². The van der Waals surface area contributed by atoms with Gasteiger partial charge in [-0.15, -0.1) is 0 Å². The zero-order valence-electron chi connectivity index (χ0n) is 13.6. The van der Waals surface area contributed by atoms with Crippen LogP contribution in [0, 0.1) is 0 Å². The van der Waals surface area contributed by atoms with Crippen LogP contribution in [0.25, 0.3) is 0 Å². The van der Waals surface area contributed by atoms with E-state index in [4.69, 9.17) is 13.9 Å². The summed E-state index contributed by atoms with van der Waals surface area (Å²) in [6.07, 6.45) is 1.50. The van der Waals surface area contributed by atoms with Crippen molar-refractivity contribution in [2.45, 2.75) is 6.54 Å². The monoisotopic (exact) mass is 335 g/mol. The number of benzene rings is 2. The van der Waals surface area contributed by atoms with Crippen molar-refractivity contribution in [3.63, 3.8) is 0 Å². The maximum atomic E-state index is 12.9. The van der Waals surface area contributed by atoms with E-state index in [0.29, 0.717) is 31.3 Å². The molecule has 0 bridgehead atoms. The molecule has 25 heavy (non-hydrogen) atoms. The predicted octanol–water partition coefficient (Wildman–Crippen LogP) is 3.90. The van der Waals surface area contributed by atoms with Gasteiger partial charge in [-0.25, -0.2) is 0 Å². The largest absolute Gasteiger partial charge is 0.486 e. The van der Waals surface area contributed by atoms with Gasteiger partial charge < -0.3 is 18.8 Å². The number of ether oxygens (including phenoxy) is 2. The molecular weight excluding hydrogens is 318 g/mol. The standard InChI is InChI=1S/C20H17NO4/c22-20(18-7-4-10-23-18)21(16-5-2-1-3-6-16)14-15-8-9-17-19(13-15)25-12-11-24-17/h1-10,13H,11-12,14H2. The lowest BCUT2D eigenvalue weighted by Crippen LogP contribution is -2.30. The summed E-state index contributed by atoms with van der Waals surface area (Å²) in [7, 11) is 0. The zero-order chi connectivity index (χ0) is 17.1. The normalized spacial score (nSPS) is 12.6. The molecular formula is C20H17NO4. The van der Waals surface area contributed by atoms with Crippen molar-refractivity contribution in [2.75, 3.05) is 18.1 Å². The molecule has 0 fully saturated rings. The number of furan rings is 1. The molecule has 5 heteroatoms. The molecule has 0 N–H and O–H groups in total. The van der Waals surface area contributed by atoms with Gasteiger partial charge in [0, 0.05) is 5.69 Å². The molecule has 126 valence electrons. The fraction of sp³-hybridized carbons (Fsp3) is 0.150. The highest BCUT2D eigenvalue weighted by molar-refractivity contribution is 6.04. The highest BCUT2D eigenvalue weighted by Gasteiger charge is 2.21. The summed E-state index contributed by atoms with van der Waals surface area (Å²) in [5, 5.41) is 0. The fourth-order valence-electron chi connectivity index (χ4n) is 2.79. The van der Waals surface area contributed by atoms with E-state index < -0.39 is 0 Å². The first-order valence-electron chi connectivity index (χ1n) is 8.10. The third-order valence-corrected chi connectivity index (χ3v) is 3.99. The predicted molar refractivity (Wildman–Crippen MR) is 93.1 cm³/mol. The van der Waals surface area contributed by atoms with E-state index in [1.54, 1.807) is 17.0 Å². The van der Waals surface area contributed by atoms with Crippen LogP contribution in [0.5, 0.6) is 11.5 Å². The first-order valence-corrected chi connectivity index (χ1v) is 8.10. The molecule has 1 aliphatic rings. The average molecular weight is 335 g/mol. The number of para-hydroxylation sites is 1. The van der Waals surface area contributed by atoms with Crippen LogP contribution in [0.4, 0.5) is 5.69 Å². The highest BCUT2D eigenvalue weighted by Crippen LogP contribution is 2.32. The third kappa shape index (κ3) is 3.21. The summed E-state index contributed by atoms with van der Waals surface area (Å²) >= 11 is 0. The van der Waals surface area contributed by atoms with Gasteiger partial charge in [-0.2, -0.15) is 0 Å². The maximum absolute atomic E-state index is 12.9. The van der Waals surface area contributed by atoms with Gasteiger partial charge >= 0.3 is 0 Å². The number of carbonyl (C=O) groups excluding carboxylic acids is 1. The molecule has 0 aliphatic carbocycles. The number of anilines is 1. The van der Waals surface area contributed by atoms with Crippen LogP contribution in [0.2, 0.25) is 0 Å². The molecule has 0 saturated heterocycles. The molecule has 3 aromatic rings. The first-order chi connectivity index (χ1) is 12.3. The summed E-state index contributed by atoms with van der Waals surface area (Å²) in [6.45, 7) is 1.49. The Hall–Kier alpha value is -3.21. The number of carbonyl (C=O) groups is 1. The lowest BCUT2D eigenvalue weighted by atomic mass is 10.1. The summed E-state index contributed by atoms with van der Waals surface area (Å²) in [5.41, 5.74) is 1.76. The molecule has 4 rings (SSSR count). The Labute approximate surface area is 145 Å². The zero-order valence-corrected chi connectivity index (χ0v) is 13.6. The topological polar surface area (TPSA) is 51.9 Å². The Morgan fingerprint density at radius 1 is 0.920 bits per heavy atom. The van der Waals surface area contributed by atoms with E-state index in [2.05, 4.69) is 0 Å². The smallest absolute Gasteiger partial charge is 0.294 e. The van der Waals surface area contributed by atoms with Crippen LogP contribution in [0.3, 0.4) is 0 Å². The Bertz CT molecular complexity index is 859. The van der Waals surface area contributed by atoms with Crippen molar-refractivity contribution < 1.29 is 18.7 Å². The van der Waals surface area contributed by atoms with Crippen LogP contribution < -0.4 is 14.4 Å². The number of hydrogen-bond acceptors (Lipinski definition) is 4. The van der Waals surface area contributed by atoms with Crippen molar-refractivity contribution in [1.29, 1.82) is 0 Å². The highest BCUT2D eigenvalue weighted by atomic mass is 16.6. The van der Waals surface area contributed by atoms with Gasteiger partial charge in [-0.1, -0.05) is 24.3 Å². The van der Waals surface area contributed by atoms with Gasteiger partial charge in [0.05, 0.1) is 12.8 Å². The minimum absolute atomic E-state index is 0.189. The summed E-state index contributed by atoms with van der Waals surface area (Å²) in [4.78, 5) is 14.6. The Morgan fingerprint density at radius 2 is 1.72 bits per heavy atom. The Balaban J connectivity index is 1.66. The van der Waals surface area contributed by atoms with E-state index in [1.165, 1.54) is 6.26 Å². The van der Waals surface area contributed by atoms with Crippen LogP contribution in [0.1, 0.15) is 16.1 Å². The summed E-state index contributed by atoms with van der Waals surface area (Å²) < 4.78 is 16.5. The molecule has 1 aromatic heterocycles. The second-order valence-electron chi connectivity index (χ2n) is 5.68. The van der Waals surface area contributed by atoms with Crippen LogP contribution in [0.15, 0.2) is 71.3 Å². The molecule has 5 nitrogen and oxygen atoms in total. The van der Waals surface area contributed by atoms with E-state index in [-0.39, 0.29) is 5.91 Å². The molecule has 2 heterocycles. The van der Waals surface area contributed by atoms with E-state index in [9.17, 15) is 4.79 Å². The van der Waals surface area contributed by atoms with Gasteiger partial charge in [0.25, 0.3) is 5.91 Å². The van der Waals surface area contributed by atoms with Crippen molar-refractivity contribution >= 4 is 11.6 Å². The molecule has 1 amide bonds. The molecule has 0 saturated carbocycles. The Kier molecular flexibility index (Phi) is 4.12. The number of fused-ring (bicyclic) bond motifs is 1. The van der Waals surface area contributed by atoms with Crippen molar-refractivity contribution in [3.8, 4) is 11.5 Å². The van der Waals surface area contributed by atoms with Crippen molar-refractivity contribution in [2.24, 2.45) is 0 Å². The minimum atomic E-state index is -0.189. The quantitative estimate of drug-likeness (QED) is 0.726. The van der Waals surface area contributed by atoms with Gasteiger partial charge in [0.2, 0.25) is 0 Å². The van der Waals surface area contributed by atoms with Crippen molar-refractivity contribution in [3.05, 3.63) is 78.3 Å². The average Bonchev–Trinajstić information content (AvgIpc) is 3.21. The lowest BCUT2D eigenvalue weighted by molar-refractivity contribution is 0.0958. The maximum Gasteiger partial charge on any atom is 0.294 e. The molecule has 0 radical (unpaired) electrons. The van der Waals surface area contributed by atoms with Crippen LogP contribution in [-0.4, -0.2) is 19.1 Å². The number of amides is 1. The fourth-order valence-corrected chi connectivity index (χ4v) is 2.79. The molecule has 0 atom stereocenters. The first kappa shape index (κ1) is 15.3. The van der Waals surface area contributed by atoms with Crippen LogP contribution in [-0.2, 0) is 6.54 Å². The minimum Gasteiger partial charge on any atom is -0.486 e. The third-order valence-electron chi connectivity index (χ3n) is 3.99.